The van der Waals surface area contributed by atoms with E-state index in [0.29, 0.717) is 5.56 Å². The van der Waals surface area contributed by atoms with Crippen LogP contribution in [0, 0.1) is 6.92 Å². The molecule has 0 radical (unpaired) electrons. The molecule has 6 nitrogen and oxygen atoms in total. The number of fused-ring (bicyclic) bond motifs is 2. The summed E-state index contributed by atoms with van der Waals surface area (Å²) in [4.78, 5) is 13.9. The van der Waals surface area contributed by atoms with Crippen LogP contribution in [0.5, 0.6) is 5.75 Å². The molecule has 2 aromatic carbocycles. The van der Waals surface area contributed by atoms with Crippen LogP contribution in [0.2, 0.25) is 0 Å². The van der Waals surface area contributed by atoms with E-state index in [1.54, 1.807) is 6.07 Å². The molecule has 0 amide bonds. The van der Waals surface area contributed by atoms with Gasteiger partial charge in [-0.2, -0.15) is 0 Å². The molecule has 0 unspecified atom stereocenters. The molecule has 34 heavy (non-hydrogen) atoms. The third-order valence-electron chi connectivity index (χ3n) is 6.62. The Bertz CT molecular complexity index is 1000. The molecule has 0 aromatic heterocycles. The van der Waals surface area contributed by atoms with Crippen molar-refractivity contribution in [3.63, 3.8) is 0 Å². The second-order valence-electron chi connectivity index (χ2n) is 9.72. The predicted octanol–water partition coefficient (Wildman–Crippen LogP) is 4.78. The van der Waals surface area contributed by atoms with Crippen LogP contribution in [-0.4, -0.2) is 50.2 Å². The Morgan fingerprint density at radius 3 is 2.12 bits per heavy atom. The van der Waals surface area contributed by atoms with Crippen LogP contribution in [0.25, 0.3) is 0 Å². The Labute approximate surface area is 204 Å². The summed E-state index contributed by atoms with van der Waals surface area (Å²) in [6, 6.07) is 7.64. The van der Waals surface area contributed by atoms with Crippen molar-refractivity contribution in [2.45, 2.75) is 59.3 Å². The van der Waals surface area contributed by atoms with Gasteiger partial charge in [-0.05, 0) is 75.1 Å². The van der Waals surface area contributed by atoms with E-state index in [4.69, 9.17) is 0 Å². The van der Waals surface area contributed by atoms with Crippen LogP contribution in [0.15, 0.2) is 24.3 Å². The highest BCUT2D eigenvalue weighted by atomic mass is 16.3. The number of anilines is 2. The topological polar surface area (TPSA) is 85.4 Å². The maximum absolute atomic E-state index is 13.9. The van der Waals surface area contributed by atoms with E-state index < -0.39 is 5.41 Å². The number of carbonyl (C=O) groups excluding carboxylic acids is 1. The Hall–Kier alpha value is -2.57. The average Bonchev–Trinajstić information content (AvgIpc) is 2.81. The smallest absolute Gasteiger partial charge is 0.196 e. The largest absolute Gasteiger partial charge is 0.508 e. The molecule has 0 fully saturated rings. The lowest BCUT2D eigenvalue weighted by molar-refractivity contribution is 0.103. The first-order chi connectivity index (χ1) is 16.3. The molecule has 0 saturated carbocycles. The molecule has 5 N–H and O–H groups in total. The average molecular weight is 467 g/mol. The molecule has 0 aliphatic heterocycles. The van der Waals surface area contributed by atoms with Gasteiger partial charge in [0, 0.05) is 47.6 Å². The van der Waals surface area contributed by atoms with Crippen LogP contribution in [0.4, 0.5) is 11.4 Å². The molecule has 186 valence electrons. The zero-order chi connectivity index (χ0) is 24.7. The van der Waals surface area contributed by atoms with Gasteiger partial charge in [0.05, 0.1) is 5.56 Å². The number of phenols is 1. The fourth-order valence-electron chi connectivity index (χ4n) is 4.98. The van der Waals surface area contributed by atoms with Crippen molar-refractivity contribution in [1.29, 1.82) is 0 Å². The fraction of sp³-hybridized carbons (Fsp3) is 0.536. The summed E-state index contributed by atoms with van der Waals surface area (Å²) in [5.41, 5.74) is 5.21. The number of aromatic hydroxyl groups is 1. The summed E-state index contributed by atoms with van der Waals surface area (Å²) < 4.78 is 0. The molecular formula is C28H42N4O2. The highest BCUT2D eigenvalue weighted by Crippen LogP contribution is 2.50. The summed E-state index contributed by atoms with van der Waals surface area (Å²) in [5.74, 6) is 0.163. The summed E-state index contributed by atoms with van der Waals surface area (Å²) in [7, 11) is 0. The van der Waals surface area contributed by atoms with E-state index in [9.17, 15) is 9.90 Å². The van der Waals surface area contributed by atoms with Crippen LogP contribution < -0.4 is 21.3 Å². The van der Waals surface area contributed by atoms with E-state index in [2.05, 4.69) is 55.0 Å². The van der Waals surface area contributed by atoms with Crippen molar-refractivity contribution in [2.75, 3.05) is 49.9 Å². The molecule has 0 atom stereocenters. The zero-order valence-corrected chi connectivity index (χ0v) is 21.5. The van der Waals surface area contributed by atoms with Gasteiger partial charge in [-0.1, -0.05) is 33.8 Å². The van der Waals surface area contributed by atoms with Gasteiger partial charge in [-0.3, -0.25) is 4.79 Å². The van der Waals surface area contributed by atoms with Crippen LogP contribution in [0.3, 0.4) is 0 Å². The molecule has 0 saturated heterocycles. The van der Waals surface area contributed by atoms with Crippen molar-refractivity contribution < 1.29 is 9.90 Å². The van der Waals surface area contributed by atoms with Crippen LogP contribution in [-0.2, 0) is 5.41 Å². The van der Waals surface area contributed by atoms with Gasteiger partial charge in [0.1, 0.15) is 5.75 Å². The van der Waals surface area contributed by atoms with Crippen molar-refractivity contribution in [1.82, 2.24) is 10.6 Å². The highest BCUT2D eigenvalue weighted by molar-refractivity contribution is 6.18. The standard InChI is InChI=1S/C28H42N4O2/c1-6-13-29-15-8-16-31-21-11-10-20(32-18-17-30-14-7-2)24-25(21)28(4,5)26-22(33)12-9-19(3)23(26)27(24)34/h9-12,29-33H,6-8,13-18H2,1-5H3. The highest BCUT2D eigenvalue weighted by Gasteiger charge is 2.42. The third kappa shape index (κ3) is 5.39. The van der Waals surface area contributed by atoms with E-state index in [1.165, 1.54) is 0 Å². The third-order valence-corrected chi connectivity index (χ3v) is 6.62. The maximum atomic E-state index is 13.9. The molecule has 0 bridgehead atoms. The van der Waals surface area contributed by atoms with Crippen molar-refractivity contribution in [3.05, 3.63) is 52.1 Å². The lowest BCUT2D eigenvalue weighted by atomic mass is 9.66. The summed E-state index contributed by atoms with van der Waals surface area (Å²) in [6.45, 7) is 15.8. The van der Waals surface area contributed by atoms with Gasteiger partial charge < -0.3 is 26.4 Å². The summed E-state index contributed by atoms with van der Waals surface area (Å²) in [5, 5.41) is 24.8. The molecule has 0 spiro atoms. The predicted molar refractivity (Wildman–Crippen MR) is 143 cm³/mol. The van der Waals surface area contributed by atoms with Gasteiger partial charge >= 0.3 is 0 Å². The van der Waals surface area contributed by atoms with Gasteiger partial charge in [-0.25, -0.2) is 0 Å². The number of carbonyl (C=O) groups is 1. The first-order valence-electron chi connectivity index (χ1n) is 12.8. The Morgan fingerprint density at radius 2 is 1.41 bits per heavy atom. The van der Waals surface area contributed by atoms with Gasteiger partial charge in [0.25, 0.3) is 0 Å². The molecule has 6 heteroatoms. The number of phenolic OH excluding ortho intramolecular Hbond substituents is 1. The van der Waals surface area contributed by atoms with E-state index in [-0.39, 0.29) is 11.5 Å². The molecule has 1 aliphatic carbocycles. The second kappa shape index (κ2) is 11.7. The van der Waals surface area contributed by atoms with Gasteiger partial charge in [0.15, 0.2) is 5.78 Å². The Kier molecular flexibility index (Phi) is 8.97. The van der Waals surface area contributed by atoms with Crippen molar-refractivity contribution >= 4 is 17.2 Å². The van der Waals surface area contributed by atoms with Crippen LogP contribution >= 0.6 is 0 Å². The molecular weight excluding hydrogens is 424 g/mol. The van der Waals surface area contributed by atoms with E-state index in [0.717, 1.165) is 92.2 Å². The van der Waals surface area contributed by atoms with E-state index >= 15 is 0 Å². The number of nitrogens with one attached hydrogen (secondary N) is 4. The van der Waals surface area contributed by atoms with Crippen LogP contribution in [0.1, 0.15) is 79.6 Å². The first-order valence-corrected chi connectivity index (χ1v) is 12.8. The monoisotopic (exact) mass is 466 g/mol. The number of rotatable bonds is 13. The van der Waals surface area contributed by atoms with Crippen molar-refractivity contribution in [3.8, 4) is 5.75 Å². The lowest BCUT2D eigenvalue weighted by Crippen LogP contribution is -2.34. The summed E-state index contributed by atoms with van der Waals surface area (Å²) in [6.07, 6.45) is 3.21. The fourth-order valence-corrected chi connectivity index (χ4v) is 4.98. The number of aryl methyl sites for hydroxylation is 1. The maximum Gasteiger partial charge on any atom is 0.196 e. The SMILES string of the molecule is CCCNCCCNc1ccc(NCCNCCC)c2c1C(C)(C)c1c(O)ccc(C)c1C2=O. The normalized spacial score (nSPS) is 14.0. The molecule has 1 aliphatic rings. The van der Waals surface area contributed by atoms with Gasteiger partial charge in [-0.15, -0.1) is 0 Å². The van der Waals surface area contributed by atoms with Crippen molar-refractivity contribution in [2.24, 2.45) is 0 Å². The lowest BCUT2D eigenvalue weighted by Gasteiger charge is -2.38. The summed E-state index contributed by atoms with van der Waals surface area (Å²) >= 11 is 0. The minimum absolute atomic E-state index is 0.0185. The Balaban J connectivity index is 1.98. The first kappa shape index (κ1) is 26.0. The Morgan fingerprint density at radius 1 is 0.765 bits per heavy atom. The van der Waals surface area contributed by atoms with E-state index in [1.807, 2.05) is 19.1 Å². The minimum atomic E-state index is -0.532. The second-order valence-corrected chi connectivity index (χ2v) is 9.72. The number of hydrogen-bond donors (Lipinski definition) is 5. The number of ketones is 1. The zero-order valence-electron chi connectivity index (χ0n) is 21.5. The quantitative estimate of drug-likeness (QED) is 0.273. The minimum Gasteiger partial charge on any atom is -0.508 e. The van der Waals surface area contributed by atoms with Gasteiger partial charge in [0.2, 0.25) is 0 Å². The molecule has 3 rings (SSSR count). The number of benzene rings is 2. The number of hydrogen-bond acceptors (Lipinski definition) is 6. The molecule has 2 aromatic rings. The molecule has 0 heterocycles.